The number of aryl methyl sites for hydroxylation is 1. The minimum atomic E-state index is -0.302. The number of rotatable bonds is 5. The van der Waals surface area contributed by atoms with Crippen LogP contribution in [0.5, 0.6) is 0 Å². The highest BCUT2D eigenvalue weighted by molar-refractivity contribution is 5.94. The van der Waals surface area contributed by atoms with Gasteiger partial charge in [-0.1, -0.05) is 30.3 Å². The van der Waals surface area contributed by atoms with Crippen LogP contribution in [0.3, 0.4) is 0 Å². The molecule has 0 radical (unpaired) electrons. The monoisotopic (exact) mass is 360 g/mol. The van der Waals surface area contributed by atoms with Gasteiger partial charge in [0.1, 0.15) is 5.82 Å². The molecule has 0 saturated heterocycles. The van der Waals surface area contributed by atoms with Crippen molar-refractivity contribution in [2.75, 3.05) is 5.32 Å². The van der Waals surface area contributed by atoms with Crippen molar-refractivity contribution in [1.82, 2.24) is 4.98 Å². The molecule has 3 aromatic carbocycles. The Bertz CT molecular complexity index is 1090. The van der Waals surface area contributed by atoms with E-state index >= 15 is 0 Å². The van der Waals surface area contributed by atoms with E-state index in [0.717, 1.165) is 22.0 Å². The van der Waals surface area contributed by atoms with E-state index in [1.165, 1.54) is 12.1 Å². The van der Waals surface area contributed by atoms with Gasteiger partial charge in [0.05, 0.1) is 6.20 Å². The molecule has 0 aliphatic rings. The van der Waals surface area contributed by atoms with Gasteiger partial charge in [-0.05, 0) is 47.2 Å². The zero-order valence-corrected chi connectivity index (χ0v) is 14.5. The Hall–Kier alpha value is -3.47. The lowest BCUT2D eigenvalue weighted by atomic mass is 10.1. The maximum atomic E-state index is 13.0. The number of fused-ring (bicyclic) bond motifs is 1. The lowest BCUT2D eigenvalue weighted by molar-refractivity contribution is -0.116. The smallest absolute Gasteiger partial charge is 0.224 e. The number of oxazole rings is 1. The molecule has 0 aliphatic heterocycles. The SMILES string of the molecule is O=C(CCc1ncc(-c2ccc(F)cc2)o1)Nc1ccc2ccccc2c1. The number of nitrogens with one attached hydrogen (secondary N) is 1. The zero-order valence-electron chi connectivity index (χ0n) is 14.5. The van der Waals surface area contributed by atoms with Crippen molar-refractivity contribution >= 4 is 22.4 Å². The van der Waals surface area contributed by atoms with Gasteiger partial charge in [0.15, 0.2) is 11.7 Å². The van der Waals surface area contributed by atoms with E-state index < -0.39 is 0 Å². The molecule has 0 saturated carbocycles. The van der Waals surface area contributed by atoms with Gasteiger partial charge in [-0.3, -0.25) is 4.79 Å². The van der Waals surface area contributed by atoms with Crippen LogP contribution in [0.15, 0.2) is 77.3 Å². The van der Waals surface area contributed by atoms with Gasteiger partial charge in [0.2, 0.25) is 5.91 Å². The molecular weight excluding hydrogens is 343 g/mol. The zero-order chi connectivity index (χ0) is 18.6. The highest BCUT2D eigenvalue weighted by Crippen LogP contribution is 2.22. The van der Waals surface area contributed by atoms with Crippen LogP contribution in [-0.4, -0.2) is 10.9 Å². The number of hydrogen-bond acceptors (Lipinski definition) is 3. The van der Waals surface area contributed by atoms with E-state index in [1.807, 2.05) is 42.5 Å². The van der Waals surface area contributed by atoms with E-state index in [4.69, 9.17) is 4.42 Å². The fraction of sp³-hybridized carbons (Fsp3) is 0.0909. The minimum absolute atomic E-state index is 0.105. The molecule has 1 N–H and O–H groups in total. The number of amides is 1. The second kappa shape index (κ2) is 7.41. The Labute approximate surface area is 155 Å². The fourth-order valence-corrected chi connectivity index (χ4v) is 2.88. The number of carbonyl (C=O) groups excluding carboxylic acids is 1. The van der Waals surface area contributed by atoms with Crippen LogP contribution in [0.1, 0.15) is 12.3 Å². The quantitative estimate of drug-likeness (QED) is 0.532. The predicted molar refractivity (Wildman–Crippen MR) is 103 cm³/mol. The van der Waals surface area contributed by atoms with Crippen LogP contribution in [0.4, 0.5) is 10.1 Å². The standard InChI is InChI=1S/C22H17FN2O2/c23-18-8-5-16(6-9-18)20-14-24-22(27-20)12-11-21(26)25-19-10-7-15-3-1-2-4-17(15)13-19/h1-10,13-14H,11-12H2,(H,25,26). The lowest BCUT2D eigenvalue weighted by Crippen LogP contribution is -2.12. The Balaban J connectivity index is 1.37. The van der Waals surface area contributed by atoms with E-state index in [2.05, 4.69) is 10.3 Å². The van der Waals surface area contributed by atoms with Crippen LogP contribution in [0.2, 0.25) is 0 Å². The van der Waals surface area contributed by atoms with Gasteiger partial charge in [-0.2, -0.15) is 0 Å². The fourth-order valence-electron chi connectivity index (χ4n) is 2.88. The van der Waals surface area contributed by atoms with E-state index in [1.54, 1.807) is 18.3 Å². The number of nitrogens with zero attached hydrogens (tertiary/aromatic N) is 1. The van der Waals surface area contributed by atoms with Crippen LogP contribution in [0.25, 0.3) is 22.1 Å². The number of aromatic nitrogens is 1. The Morgan fingerprint density at radius 2 is 1.78 bits per heavy atom. The molecule has 0 aliphatic carbocycles. The van der Waals surface area contributed by atoms with Crippen molar-refractivity contribution in [3.8, 4) is 11.3 Å². The third kappa shape index (κ3) is 4.03. The van der Waals surface area contributed by atoms with E-state index in [9.17, 15) is 9.18 Å². The van der Waals surface area contributed by atoms with E-state index in [0.29, 0.717) is 18.1 Å². The Morgan fingerprint density at radius 1 is 1.00 bits per heavy atom. The Morgan fingerprint density at radius 3 is 2.59 bits per heavy atom. The maximum absolute atomic E-state index is 13.0. The van der Waals surface area contributed by atoms with Crippen LogP contribution >= 0.6 is 0 Å². The Kier molecular flexibility index (Phi) is 4.66. The summed E-state index contributed by atoms with van der Waals surface area (Å²) in [6, 6.07) is 19.8. The van der Waals surface area contributed by atoms with Gasteiger partial charge in [-0.25, -0.2) is 9.37 Å². The summed E-state index contributed by atoms with van der Waals surface area (Å²) < 4.78 is 18.6. The lowest BCUT2D eigenvalue weighted by Gasteiger charge is -2.06. The molecule has 134 valence electrons. The average molecular weight is 360 g/mol. The molecule has 0 unspecified atom stereocenters. The largest absolute Gasteiger partial charge is 0.441 e. The van der Waals surface area contributed by atoms with Gasteiger partial charge >= 0.3 is 0 Å². The molecule has 0 bridgehead atoms. The predicted octanol–water partition coefficient (Wildman–Crippen LogP) is 5.21. The van der Waals surface area contributed by atoms with Crippen molar-refractivity contribution in [2.45, 2.75) is 12.8 Å². The molecular formula is C22H17FN2O2. The molecule has 4 rings (SSSR count). The van der Waals surface area contributed by atoms with Crippen LogP contribution < -0.4 is 5.32 Å². The summed E-state index contributed by atoms with van der Waals surface area (Å²) in [5.41, 5.74) is 1.51. The first-order valence-electron chi connectivity index (χ1n) is 8.67. The number of anilines is 1. The van der Waals surface area contributed by atoms with Gasteiger partial charge < -0.3 is 9.73 Å². The normalized spacial score (nSPS) is 10.9. The second-order valence-corrected chi connectivity index (χ2v) is 6.24. The number of halogens is 1. The first-order valence-corrected chi connectivity index (χ1v) is 8.67. The number of carbonyl (C=O) groups is 1. The van der Waals surface area contributed by atoms with Crippen LogP contribution in [-0.2, 0) is 11.2 Å². The third-order valence-electron chi connectivity index (χ3n) is 4.28. The average Bonchev–Trinajstić information content (AvgIpc) is 3.16. The molecule has 0 atom stereocenters. The van der Waals surface area contributed by atoms with Gasteiger partial charge in [0.25, 0.3) is 0 Å². The summed E-state index contributed by atoms with van der Waals surface area (Å²) in [6.07, 6.45) is 2.24. The number of hydrogen-bond donors (Lipinski definition) is 1. The van der Waals surface area contributed by atoms with Gasteiger partial charge in [-0.15, -0.1) is 0 Å². The molecule has 4 nitrogen and oxygen atoms in total. The molecule has 5 heteroatoms. The van der Waals surface area contributed by atoms with Crippen molar-refractivity contribution < 1.29 is 13.6 Å². The highest BCUT2D eigenvalue weighted by atomic mass is 19.1. The molecule has 0 fully saturated rings. The first kappa shape index (κ1) is 17.0. The molecule has 1 heterocycles. The van der Waals surface area contributed by atoms with Crippen molar-refractivity contribution in [3.05, 3.63) is 84.6 Å². The van der Waals surface area contributed by atoms with Crippen molar-refractivity contribution in [1.29, 1.82) is 0 Å². The molecule has 27 heavy (non-hydrogen) atoms. The van der Waals surface area contributed by atoms with Crippen LogP contribution in [0, 0.1) is 5.82 Å². The summed E-state index contributed by atoms with van der Waals surface area (Å²) in [4.78, 5) is 16.4. The third-order valence-corrected chi connectivity index (χ3v) is 4.28. The summed E-state index contributed by atoms with van der Waals surface area (Å²) in [6.45, 7) is 0. The maximum Gasteiger partial charge on any atom is 0.224 e. The molecule has 1 amide bonds. The minimum Gasteiger partial charge on any atom is -0.441 e. The highest BCUT2D eigenvalue weighted by Gasteiger charge is 2.10. The molecule has 0 spiro atoms. The first-order chi connectivity index (χ1) is 13.2. The topological polar surface area (TPSA) is 55.1 Å². The van der Waals surface area contributed by atoms with E-state index in [-0.39, 0.29) is 18.1 Å². The summed E-state index contributed by atoms with van der Waals surface area (Å²) in [7, 11) is 0. The van der Waals surface area contributed by atoms with Crippen molar-refractivity contribution in [2.24, 2.45) is 0 Å². The summed E-state index contributed by atoms with van der Waals surface area (Å²) >= 11 is 0. The number of benzene rings is 3. The molecule has 4 aromatic rings. The summed E-state index contributed by atoms with van der Waals surface area (Å²) in [5.74, 6) is 0.624. The summed E-state index contributed by atoms with van der Waals surface area (Å²) in [5, 5.41) is 5.10. The van der Waals surface area contributed by atoms with Crippen molar-refractivity contribution in [3.63, 3.8) is 0 Å². The second-order valence-electron chi connectivity index (χ2n) is 6.24. The van der Waals surface area contributed by atoms with Gasteiger partial charge in [0, 0.05) is 24.1 Å². The molecule has 1 aromatic heterocycles.